The number of hydrogen-bond donors (Lipinski definition) is 0. The van der Waals surface area contributed by atoms with Gasteiger partial charge >= 0.3 is 0 Å². The summed E-state index contributed by atoms with van der Waals surface area (Å²) in [6.07, 6.45) is 0. The Labute approximate surface area is 139 Å². The highest BCUT2D eigenvalue weighted by molar-refractivity contribution is 9.10. The number of benzene rings is 2. The van der Waals surface area contributed by atoms with Crippen molar-refractivity contribution in [3.05, 3.63) is 64.6 Å². The van der Waals surface area contributed by atoms with Crippen LogP contribution in [-0.4, -0.2) is 29.9 Å². The van der Waals surface area contributed by atoms with Crippen LogP contribution in [0, 0.1) is 0 Å². The van der Waals surface area contributed by atoms with E-state index in [4.69, 9.17) is 0 Å². The zero-order valence-corrected chi connectivity index (χ0v) is 14.2. The quantitative estimate of drug-likeness (QED) is 0.835. The Morgan fingerprint density at radius 1 is 1.05 bits per heavy atom. The molecule has 1 aliphatic rings. The molecule has 1 aliphatic heterocycles. The van der Waals surface area contributed by atoms with E-state index in [9.17, 15) is 4.79 Å². The summed E-state index contributed by atoms with van der Waals surface area (Å²) in [7, 11) is 0. The fourth-order valence-corrected chi connectivity index (χ4v) is 3.09. The van der Waals surface area contributed by atoms with E-state index >= 15 is 0 Å². The SMILES string of the molecule is CC1C(=O)N(c2ccc(Br)cc2)CCN1Cc1ccccc1. The molecule has 2 aromatic carbocycles. The minimum Gasteiger partial charge on any atom is -0.310 e. The summed E-state index contributed by atoms with van der Waals surface area (Å²) in [5.41, 5.74) is 2.22. The second-order valence-corrected chi connectivity index (χ2v) is 6.51. The first-order chi connectivity index (χ1) is 10.6. The van der Waals surface area contributed by atoms with Gasteiger partial charge in [0.15, 0.2) is 0 Å². The molecule has 0 radical (unpaired) electrons. The molecule has 1 fully saturated rings. The molecular formula is C18H19BrN2O. The normalized spacial score (nSPS) is 19.5. The summed E-state index contributed by atoms with van der Waals surface area (Å²) in [5.74, 6) is 0.171. The van der Waals surface area contributed by atoms with Crippen LogP contribution in [0.5, 0.6) is 0 Å². The summed E-state index contributed by atoms with van der Waals surface area (Å²) in [6.45, 7) is 4.44. The van der Waals surface area contributed by atoms with Crippen LogP contribution < -0.4 is 4.90 Å². The first kappa shape index (κ1) is 15.3. The molecule has 2 aromatic rings. The summed E-state index contributed by atoms with van der Waals surface area (Å²) in [4.78, 5) is 16.8. The molecule has 0 saturated carbocycles. The maximum absolute atomic E-state index is 12.7. The third-order valence-corrected chi connectivity index (χ3v) is 4.68. The van der Waals surface area contributed by atoms with E-state index in [1.165, 1.54) is 5.56 Å². The number of amides is 1. The molecule has 1 unspecified atom stereocenters. The van der Waals surface area contributed by atoms with Gasteiger partial charge in [0.2, 0.25) is 5.91 Å². The van der Waals surface area contributed by atoms with Crippen molar-refractivity contribution in [3.63, 3.8) is 0 Å². The summed E-state index contributed by atoms with van der Waals surface area (Å²) < 4.78 is 1.03. The zero-order chi connectivity index (χ0) is 15.5. The molecule has 1 atom stereocenters. The molecular weight excluding hydrogens is 340 g/mol. The predicted molar refractivity (Wildman–Crippen MR) is 92.8 cm³/mol. The topological polar surface area (TPSA) is 23.6 Å². The van der Waals surface area contributed by atoms with Crippen LogP contribution in [0.25, 0.3) is 0 Å². The highest BCUT2D eigenvalue weighted by atomic mass is 79.9. The van der Waals surface area contributed by atoms with Crippen LogP contribution in [0.4, 0.5) is 5.69 Å². The fourth-order valence-electron chi connectivity index (χ4n) is 2.83. The zero-order valence-electron chi connectivity index (χ0n) is 12.6. The van der Waals surface area contributed by atoms with Crippen LogP contribution in [0.3, 0.4) is 0 Å². The Morgan fingerprint density at radius 2 is 1.73 bits per heavy atom. The number of rotatable bonds is 3. The second kappa shape index (κ2) is 6.63. The lowest BCUT2D eigenvalue weighted by atomic mass is 10.1. The third kappa shape index (κ3) is 3.23. The molecule has 4 heteroatoms. The Kier molecular flexibility index (Phi) is 4.60. The molecule has 0 N–H and O–H groups in total. The van der Waals surface area contributed by atoms with Crippen molar-refractivity contribution >= 4 is 27.5 Å². The van der Waals surface area contributed by atoms with Crippen molar-refractivity contribution < 1.29 is 4.79 Å². The lowest BCUT2D eigenvalue weighted by molar-refractivity contribution is -0.125. The Bertz CT molecular complexity index is 642. The first-order valence-electron chi connectivity index (χ1n) is 7.50. The molecule has 0 bridgehead atoms. The lowest BCUT2D eigenvalue weighted by Crippen LogP contribution is -2.55. The second-order valence-electron chi connectivity index (χ2n) is 5.60. The van der Waals surface area contributed by atoms with Crippen molar-refractivity contribution in [2.24, 2.45) is 0 Å². The van der Waals surface area contributed by atoms with E-state index in [1.54, 1.807) is 0 Å². The van der Waals surface area contributed by atoms with Gasteiger partial charge in [0.1, 0.15) is 0 Å². The minimum atomic E-state index is -0.0994. The van der Waals surface area contributed by atoms with Gasteiger partial charge in [-0.15, -0.1) is 0 Å². The average molecular weight is 359 g/mol. The third-order valence-electron chi connectivity index (χ3n) is 4.15. The van der Waals surface area contributed by atoms with Crippen molar-refractivity contribution in [1.29, 1.82) is 0 Å². The number of carbonyl (C=O) groups excluding carboxylic acids is 1. The van der Waals surface area contributed by atoms with Crippen LogP contribution in [0.1, 0.15) is 12.5 Å². The van der Waals surface area contributed by atoms with Crippen LogP contribution in [-0.2, 0) is 11.3 Å². The van der Waals surface area contributed by atoms with Gasteiger partial charge < -0.3 is 4.90 Å². The molecule has 1 saturated heterocycles. The van der Waals surface area contributed by atoms with Crippen molar-refractivity contribution in [2.45, 2.75) is 19.5 Å². The van der Waals surface area contributed by atoms with E-state index in [0.717, 1.165) is 29.8 Å². The van der Waals surface area contributed by atoms with Crippen molar-refractivity contribution in [1.82, 2.24) is 4.90 Å². The fraction of sp³-hybridized carbons (Fsp3) is 0.278. The van der Waals surface area contributed by atoms with Gasteiger partial charge in [0.25, 0.3) is 0 Å². The van der Waals surface area contributed by atoms with E-state index in [2.05, 4.69) is 33.0 Å². The first-order valence-corrected chi connectivity index (χ1v) is 8.29. The van der Waals surface area contributed by atoms with Gasteiger partial charge in [-0.1, -0.05) is 46.3 Å². The van der Waals surface area contributed by atoms with Gasteiger partial charge in [0, 0.05) is 29.8 Å². The monoisotopic (exact) mass is 358 g/mol. The molecule has 0 aliphatic carbocycles. The van der Waals surface area contributed by atoms with E-state index in [0.29, 0.717) is 0 Å². The highest BCUT2D eigenvalue weighted by Gasteiger charge is 2.31. The number of carbonyl (C=O) groups is 1. The predicted octanol–water partition coefficient (Wildman–Crippen LogP) is 3.69. The molecule has 0 spiro atoms. The van der Waals surface area contributed by atoms with Crippen molar-refractivity contribution in [2.75, 3.05) is 18.0 Å². The summed E-state index contributed by atoms with van der Waals surface area (Å²) in [6, 6.07) is 18.1. The maximum Gasteiger partial charge on any atom is 0.244 e. The van der Waals surface area contributed by atoms with Gasteiger partial charge in [-0.2, -0.15) is 0 Å². The van der Waals surface area contributed by atoms with Gasteiger partial charge in [-0.3, -0.25) is 9.69 Å². The minimum absolute atomic E-state index is 0.0994. The number of piperazine rings is 1. The van der Waals surface area contributed by atoms with E-state index in [1.807, 2.05) is 54.3 Å². The molecule has 0 aromatic heterocycles. The molecule has 114 valence electrons. The number of anilines is 1. The lowest BCUT2D eigenvalue weighted by Gasteiger charge is -2.39. The Morgan fingerprint density at radius 3 is 2.41 bits per heavy atom. The molecule has 1 amide bonds. The Hall–Kier alpha value is -1.65. The van der Waals surface area contributed by atoms with Crippen molar-refractivity contribution in [3.8, 4) is 0 Å². The Balaban J connectivity index is 1.72. The maximum atomic E-state index is 12.7. The summed E-state index contributed by atoms with van der Waals surface area (Å²) >= 11 is 3.43. The molecule has 1 heterocycles. The van der Waals surface area contributed by atoms with Gasteiger partial charge in [0.05, 0.1) is 6.04 Å². The van der Waals surface area contributed by atoms with Gasteiger partial charge in [-0.05, 0) is 36.8 Å². The number of hydrogen-bond acceptors (Lipinski definition) is 2. The summed E-state index contributed by atoms with van der Waals surface area (Å²) in [5, 5.41) is 0. The number of halogens is 1. The van der Waals surface area contributed by atoms with E-state index in [-0.39, 0.29) is 11.9 Å². The van der Waals surface area contributed by atoms with Gasteiger partial charge in [-0.25, -0.2) is 0 Å². The largest absolute Gasteiger partial charge is 0.310 e. The van der Waals surface area contributed by atoms with Crippen LogP contribution in [0.15, 0.2) is 59.1 Å². The van der Waals surface area contributed by atoms with Crippen LogP contribution >= 0.6 is 15.9 Å². The standard InChI is InChI=1S/C18H19BrN2O/c1-14-18(22)21(17-9-7-16(19)8-10-17)12-11-20(14)13-15-5-3-2-4-6-15/h2-10,14H,11-13H2,1H3. The molecule has 22 heavy (non-hydrogen) atoms. The van der Waals surface area contributed by atoms with Crippen LogP contribution in [0.2, 0.25) is 0 Å². The number of nitrogens with zero attached hydrogens (tertiary/aromatic N) is 2. The highest BCUT2D eigenvalue weighted by Crippen LogP contribution is 2.23. The average Bonchev–Trinajstić information content (AvgIpc) is 2.54. The van der Waals surface area contributed by atoms with E-state index < -0.39 is 0 Å². The smallest absolute Gasteiger partial charge is 0.244 e. The molecule has 3 rings (SSSR count). The molecule has 3 nitrogen and oxygen atoms in total.